The van der Waals surface area contributed by atoms with Crippen LogP contribution >= 0.6 is 0 Å². The fourth-order valence-electron chi connectivity index (χ4n) is 3.09. The third-order valence-corrected chi connectivity index (χ3v) is 4.60. The number of pyridine rings is 1. The maximum absolute atomic E-state index is 13.2. The lowest BCUT2D eigenvalue weighted by molar-refractivity contribution is -0.132. The number of aromatic amines is 1. The van der Waals surface area contributed by atoms with E-state index < -0.39 is 12.0 Å². The Bertz CT molecular complexity index is 842. The first kappa shape index (κ1) is 20.4. The van der Waals surface area contributed by atoms with Crippen molar-refractivity contribution in [1.82, 2.24) is 14.9 Å². The minimum absolute atomic E-state index is 0.138. The van der Waals surface area contributed by atoms with Crippen molar-refractivity contribution < 1.29 is 19.1 Å². The number of Topliss-reactive ketones (excluding diaryl/α,β-unsaturated/α-hetero) is 1. The van der Waals surface area contributed by atoms with Crippen LogP contribution in [0.25, 0.3) is 0 Å². The highest BCUT2D eigenvalue weighted by Gasteiger charge is 2.30. The van der Waals surface area contributed by atoms with E-state index in [1.165, 1.54) is 12.0 Å². The van der Waals surface area contributed by atoms with E-state index in [0.29, 0.717) is 22.5 Å². The van der Waals surface area contributed by atoms with E-state index in [1.54, 1.807) is 40.0 Å². The summed E-state index contributed by atoms with van der Waals surface area (Å²) in [5.74, 6) is -0.896. The Hall–Kier alpha value is -2.96. The van der Waals surface area contributed by atoms with Crippen LogP contribution in [0, 0.1) is 13.8 Å². The maximum atomic E-state index is 13.2. The van der Waals surface area contributed by atoms with Gasteiger partial charge in [0, 0.05) is 23.9 Å². The topological polar surface area (TPSA) is 92.4 Å². The Kier molecular flexibility index (Phi) is 6.50. The summed E-state index contributed by atoms with van der Waals surface area (Å²) in [6, 6.07) is 4.75. The number of aryl methyl sites for hydroxylation is 1. The number of H-pyrrole nitrogens is 1. The van der Waals surface area contributed by atoms with Crippen molar-refractivity contribution in [3.05, 3.63) is 52.6 Å². The number of amides is 1. The molecule has 1 amide bonds. The summed E-state index contributed by atoms with van der Waals surface area (Å²) in [5.41, 5.74) is 2.47. The second kappa shape index (κ2) is 8.62. The average Bonchev–Trinajstić information content (AvgIpc) is 2.98. The molecular weight excluding hydrogens is 346 g/mol. The lowest BCUT2D eigenvalue weighted by atomic mass is 9.99. The zero-order valence-electron chi connectivity index (χ0n) is 16.3. The lowest BCUT2D eigenvalue weighted by Crippen LogP contribution is -2.43. The quantitative estimate of drug-likeness (QED) is 0.597. The first-order valence-corrected chi connectivity index (χ1v) is 8.82. The molecule has 1 N–H and O–H groups in total. The molecule has 0 fully saturated rings. The minimum Gasteiger partial charge on any atom is -0.464 e. The van der Waals surface area contributed by atoms with Gasteiger partial charge in [-0.2, -0.15) is 0 Å². The highest BCUT2D eigenvalue weighted by atomic mass is 16.5. The molecule has 2 heterocycles. The molecule has 0 saturated heterocycles. The maximum Gasteiger partial charge on any atom is 0.354 e. The van der Waals surface area contributed by atoms with Crippen LogP contribution in [-0.2, 0) is 16.1 Å². The molecule has 2 aromatic heterocycles. The monoisotopic (exact) mass is 371 g/mol. The second-order valence-electron chi connectivity index (χ2n) is 6.35. The lowest BCUT2D eigenvalue weighted by Gasteiger charge is -2.28. The number of carbonyl (C=O) groups excluding carboxylic acids is 3. The van der Waals surface area contributed by atoms with Crippen LogP contribution in [0.3, 0.4) is 0 Å². The molecule has 0 aromatic carbocycles. The average molecular weight is 371 g/mol. The summed E-state index contributed by atoms with van der Waals surface area (Å²) in [5, 5.41) is 0. The van der Waals surface area contributed by atoms with Gasteiger partial charge in [0.05, 0.1) is 25.4 Å². The van der Waals surface area contributed by atoms with E-state index in [9.17, 15) is 14.4 Å². The van der Waals surface area contributed by atoms with Crippen LogP contribution in [0.4, 0.5) is 0 Å². The normalized spacial score (nSPS) is 11.7. The van der Waals surface area contributed by atoms with Crippen LogP contribution in [-0.4, -0.2) is 45.7 Å². The molecule has 2 aromatic rings. The zero-order valence-corrected chi connectivity index (χ0v) is 16.3. The molecule has 0 aliphatic rings. The summed E-state index contributed by atoms with van der Waals surface area (Å²) in [6.07, 6.45) is 1.93. The largest absolute Gasteiger partial charge is 0.464 e. The van der Waals surface area contributed by atoms with Crippen molar-refractivity contribution >= 4 is 17.7 Å². The fourth-order valence-corrected chi connectivity index (χ4v) is 3.09. The summed E-state index contributed by atoms with van der Waals surface area (Å²) >= 11 is 0. The van der Waals surface area contributed by atoms with Gasteiger partial charge >= 0.3 is 5.97 Å². The SMILES string of the molecule is CCC(=O)N(Cc1ccccn1)C(C)C(=O)c1c(C)[nH]c(C(=O)OC)c1C. The van der Waals surface area contributed by atoms with E-state index in [4.69, 9.17) is 4.74 Å². The van der Waals surface area contributed by atoms with Crippen LogP contribution in [0.15, 0.2) is 24.4 Å². The number of ether oxygens (including phenoxy) is 1. The third-order valence-electron chi connectivity index (χ3n) is 4.60. The summed E-state index contributed by atoms with van der Waals surface area (Å²) in [4.78, 5) is 46.2. The molecule has 0 aliphatic heterocycles. The van der Waals surface area contributed by atoms with Gasteiger partial charge in [-0.15, -0.1) is 0 Å². The van der Waals surface area contributed by atoms with Crippen molar-refractivity contribution in [2.75, 3.05) is 7.11 Å². The van der Waals surface area contributed by atoms with Crippen molar-refractivity contribution in [3.8, 4) is 0 Å². The fraction of sp³-hybridized carbons (Fsp3) is 0.400. The number of ketones is 1. The van der Waals surface area contributed by atoms with Crippen molar-refractivity contribution in [1.29, 1.82) is 0 Å². The molecule has 27 heavy (non-hydrogen) atoms. The second-order valence-corrected chi connectivity index (χ2v) is 6.35. The molecule has 1 atom stereocenters. The molecule has 0 saturated carbocycles. The van der Waals surface area contributed by atoms with E-state index in [2.05, 4.69) is 9.97 Å². The molecule has 2 rings (SSSR count). The van der Waals surface area contributed by atoms with Crippen molar-refractivity contribution in [3.63, 3.8) is 0 Å². The van der Waals surface area contributed by atoms with E-state index in [-0.39, 0.29) is 30.3 Å². The minimum atomic E-state index is -0.696. The standard InChI is InChI=1S/C20H25N3O4/c1-6-16(24)23(11-15-9-7-8-10-21-15)14(4)19(25)17-12(2)18(20(26)27-5)22-13(17)3/h7-10,14,22H,6,11H2,1-5H3. The predicted molar refractivity (Wildman–Crippen MR) is 100 cm³/mol. The number of hydrogen-bond acceptors (Lipinski definition) is 5. The molecule has 0 aliphatic carbocycles. The molecular formula is C20H25N3O4. The van der Waals surface area contributed by atoms with Gasteiger partial charge in [-0.1, -0.05) is 13.0 Å². The van der Waals surface area contributed by atoms with E-state index >= 15 is 0 Å². The Morgan fingerprint density at radius 1 is 1.26 bits per heavy atom. The van der Waals surface area contributed by atoms with Gasteiger partial charge in [-0.05, 0) is 38.5 Å². The Labute approximate surface area is 158 Å². The molecule has 0 radical (unpaired) electrons. The van der Waals surface area contributed by atoms with Gasteiger partial charge in [-0.3, -0.25) is 14.6 Å². The number of rotatable bonds is 7. The van der Waals surface area contributed by atoms with Gasteiger partial charge in [0.2, 0.25) is 5.91 Å². The number of carbonyl (C=O) groups is 3. The molecule has 0 bridgehead atoms. The Morgan fingerprint density at radius 3 is 2.52 bits per heavy atom. The van der Waals surface area contributed by atoms with E-state index in [0.717, 1.165) is 0 Å². The number of nitrogens with zero attached hydrogens (tertiary/aromatic N) is 2. The van der Waals surface area contributed by atoms with Crippen LogP contribution in [0.2, 0.25) is 0 Å². The third kappa shape index (κ3) is 4.24. The summed E-state index contributed by atoms with van der Waals surface area (Å²) < 4.78 is 4.75. The highest BCUT2D eigenvalue weighted by Crippen LogP contribution is 2.23. The molecule has 144 valence electrons. The number of nitrogens with one attached hydrogen (secondary N) is 1. The first-order valence-electron chi connectivity index (χ1n) is 8.82. The van der Waals surface area contributed by atoms with Gasteiger partial charge in [0.15, 0.2) is 5.78 Å². The van der Waals surface area contributed by atoms with E-state index in [1.807, 2.05) is 12.1 Å². The molecule has 7 heteroatoms. The first-order chi connectivity index (χ1) is 12.8. The van der Waals surface area contributed by atoms with Gasteiger partial charge in [0.1, 0.15) is 5.69 Å². The number of aromatic nitrogens is 2. The summed E-state index contributed by atoms with van der Waals surface area (Å²) in [6.45, 7) is 7.12. The smallest absolute Gasteiger partial charge is 0.354 e. The van der Waals surface area contributed by atoms with Crippen LogP contribution in [0.1, 0.15) is 58.1 Å². The zero-order chi connectivity index (χ0) is 20.1. The van der Waals surface area contributed by atoms with Gasteiger partial charge in [-0.25, -0.2) is 4.79 Å². The Morgan fingerprint density at radius 2 is 1.96 bits per heavy atom. The number of methoxy groups -OCH3 is 1. The van der Waals surface area contributed by atoms with Gasteiger partial charge in [0.25, 0.3) is 0 Å². The predicted octanol–water partition coefficient (Wildman–Crippen LogP) is 2.82. The number of hydrogen-bond donors (Lipinski definition) is 1. The molecule has 0 spiro atoms. The van der Waals surface area contributed by atoms with Crippen LogP contribution in [0.5, 0.6) is 0 Å². The highest BCUT2D eigenvalue weighted by molar-refractivity contribution is 6.06. The van der Waals surface area contributed by atoms with Crippen LogP contribution < -0.4 is 0 Å². The molecule has 7 nitrogen and oxygen atoms in total. The van der Waals surface area contributed by atoms with Crippen molar-refractivity contribution in [2.24, 2.45) is 0 Å². The Balaban J connectivity index is 2.36. The number of esters is 1. The summed E-state index contributed by atoms with van der Waals surface area (Å²) in [7, 11) is 1.29. The van der Waals surface area contributed by atoms with Gasteiger partial charge < -0.3 is 14.6 Å². The molecule has 1 unspecified atom stereocenters. The van der Waals surface area contributed by atoms with Crippen molar-refractivity contribution in [2.45, 2.75) is 46.7 Å².